The molecule has 0 bridgehead atoms. The molecule has 19 heavy (non-hydrogen) atoms. The first kappa shape index (κ1) is 14.9. The van der Waals surface area contributed by atoms with Gasteiger partial charge in [-0.3, -0.25) is 0 Å². The first-order valence-corrected chi connectivity index (χ1v) is 8.13. The second-order valence-corrected chi connectivity index (χ2v) is 6.28. The van der Waals surface area contributed by atoms with Crippen molar-refractivity contribution >= 4 is 15.9 Å². The summed E-state index contributed by atoms with van der Waals surface area (Å²) in [5.41, 5.74) is 1.27. The van der Waals surface area contributed by atoms with E-state index in [9.17, 15) is 0 Å². The lowest BCUT2D eigenvalue weighted by Gasteiger charge is -2.19. The summed E-state index contributed by atoms with van der Waals surface area (Å²) in [6, 6.07) is 6.70. The summed E-state index contributed by atoms with van der Waals surface area (Å²) >= 11 is 3.65. The van der Waals surface area contributed by atoms with Gasteiger partial charge in [-0.05, 0) is 57.4 Å². The van der Waals surface area contributed by atoms with Crippen molar-refractivity contribution in [2.45, 2.75) is 57.6 Å². The molecule has 0 saturated heterocycles. The standard InChI is InChI=1S/C16H24BrNO/c1-12(18-2)15-10-9-14(11-16(15)17)19-13-7-5-3-4-6-8-13/h9-13,18H,3-8H2,1-2H3. The van der Waals surface area contributed by atoms with Crippen molar-refractivity contribution in [2.24, 2.45) is 0 Å². The highest BCUT2D eigenvalue weighted by Gasteiger charge is 2.15. The minimum absolute atomic E-state index is 0.348. The van der Waals surface area contributed by atoms with E-state index in [1.807, 2.05) is 7.05 Å². The zero-order valence-electron chi connectivity index (χ0n) is 11.9. The number of hydrogen-bond acceptors (Lipinski definition) is 2. The Kier molecular flexibility index (Phi) is 5.71. The molecule has 3 heteroatoms. The third-order valence-corrected chi connectivity index (χ3v) is 4.66. The molecule has 1 unspecified atom stereocenters. The average Bonchev–Trinajstić information content (AvgIpc) is 2.67. The van der Waals surface area contributed by atoms with Crippen molar-refractivity contribution in [3.05, 3.63) is 28.2 Å². The minimum atomic E-state index is 0.348. The van der Waals surface area contributed by atoms with E-state index in [1.165, 1.54) is 44.1 Å². The van der Waals surface area contributed by atoms with Crippen LogP contribution in [0.4, 0.5) is 0 Å². The Labute approximate surface area is 125 Å². The van der Waals surface area contributed by atoms with Gasteiger partial charge in [0.05, 0.1) is 6.10 Å². The Bertz CT molecular complexity index is 400. The van der Waals surface area contributed by atoms with Gasteiger partial charge in [0.1, 0.15) is 5.75 Å². The van der Waals surface area contributed by atoms with Gasteiger partial charge in [-0.1, -0.05) is 34.8 Å². The molecule has 1 N–H and O–H groups in total. The SMILES string of the molecule is CNC(C)c1ccc(OC2CCCCCC2)cc1Br. The molecule has 1 aliphatic rings. The summed E-state index contributed by atoms with van der Waals surface area (Å²) in [4.78, 5) is 0. The molecule has 1 saturated carbocycles. The summed E-state index contributed by atoms with van der Waals surface area (Å²) < 4.78 is 7.26. The minimum Gasteiger partial charge on any atom is -0.490 e. The molecule has 1 atom stereocenters. The van der Waals surface area contributed by atoms with Crippen molar-refractivity contribution in [2.75, 3.05) is 7.05 Å². The molecular weight excluding hydrogens is 302 g/mol. The fraction of sp³-hybridized carbons (Fsp3) is 0.625. The normalized spacial score (nSPS) is 18.9. The van der Waals surface area contributed by atoms with Gasteiger partial charge in [0, 0.05) is 10.5 Å². The van der Waals surface area contributed by atoms with E-state index < -0.39 is 0 Å². The van der Waals surface area contributed by atoms with Gasteiger partial charge in [-0.25, -0.2) is 0 Å². The number of hydrogen-bond donors (Lipinski definition) is 1. The van der Waals surface area contributed by atoms with Gasteiger partial charge in [0.25, 0.3) is 0 Å². The monoisotopic (exact) mass is 325 g/mol. The first-order valence-electron chi connectivity index (χ1n) is 7.34. The largest absolute Gasteiger partial charge is 0.490 e. The zero-order valence-corrected chi connectivity index (χ0v) is 13.5. The Balaban J connectivity index is 2.02. The van der Waals surface area contributed by atoms with Gasteiger partial charge in [-0.2, -0.15) is 0 Å². The maximum Gasteiger partial charge on any atom is 0.120 e. The van der Waals surface area contributed by atoms with Crippen molar-refractivity contribution in [3.63, 3.8) is 0 Å². The number of benzene rings is 1. The molecule has 0 spiro atoms. The number of halogens is 1. The smallest absolute Gasteiger partial charge is 0.120 e. The van der Waals surface area contributed by atoms with Crippen molar-refractivity contribution in [3.8, 4) is 5.75 Å². The first-order chi connectivity index (χ1) is 9.20. The fourth-order valence-electron chi connectivity index (χ4n) is 2.64. The lowest BCUT2D eigenvalue weighted by Crippen LogP contribution is -2.16. The van der Waals surface area contributed by atoms with Crippen LogP contribution >= 0.6 is 15.9 Å². The molecule has 0 aliphatic heterocycles. The summed E-state index contributed by atoms with van der Waals surface area (Å²) in [6.07, 6.45) is 8.15. The number of nitrogens with one attached hydrogen (secondary N) is 1. The molecule has 2 nitrogen and oxygen atoms in total. The highest BCUT2D eigenvalue weighted by atomic mass is 79.9. The van der Waals surface area contributed by atoms with E-state index in [-0.39, 0.29) is 0 Å². The van der Waals surface area contributed by atoms with Crippen LogP contribution in [-0.4, -0.2) is 13.2 Å². The van der Waals surface area contributed by atoms with Crippen LogP contribution < -0.4 is 10.1 Å². The molecule has 2 rings (SSSR count). The zero-order chi connectivity index (χ0) is 13.7. The van der Waals surface area contributed by atoms with E-state index in [0.717, 1.165) is 10.2 Å². The molecule has 0 radical (unpaired) electrons. The Hall–Kier alpha value is -0.540. The number of rotatable bonds is 4. The van der Waals surface area contributed by atoms with Gasteiger partial charge < -0.3 is 10.1 Å². The van der Waals surface area contributed by atoms with Crippen LogP contribution in [0.3, 0.4) is 0 Å². The second-order valence-electron chi connectivity index (χ2n) is 5.43. The van der Waals surface area contributed by atoms with Gasteiger partial charge in [0.15, 0.2) is 0 Å². The van der Waals surface area contributed by atoms with Crippen LogP contribution in [0.2, 0.25) is 0 Å². The van der Waals surface area contributed by atoms with E-state index in [0.29, 0.717) is 12.1 Å². The Morgan fingerprint density at radius 2 is 1.89 bits per heavy atom. The molecule has 1 aliphatic carbocycles. The summed E-state index contributed by atoms with van der Waals surface area (Å²) in [5, 5.41) is 3.26. The van der Waals surface area contributed by atoms with E-state index >= 15 is 0 Å². The highest BCUT2D eigenvalue weighted by Crippen LogP contribution is 2.29. The lowest BCUT2D eigenvalue weighted by atomic mass is 10.1. The quantitative estimate of drug-likeness (QED) is 0.800. The summed E-state index contributed by atoms with van der Waals surface area (Å²) in [6.45, 7) is 2.16. The third kappa shape index (κ3) is 4.22. The summed E-state index contributed by atoms with van der Waals surface area (Å²) in [5.74, 6) is 0.992. The molecule has 0 aromatic heterocycles. The van der Waals surface area contributed by atoms with Gasteiger partial charge in [-0.15, -0.1) is 0 Å². The van der Waals surface area contributed by atoms with Crippen LogP contribution in [0, 0.1) is 0 Å². The van der Waals surface area contributed by atoms with Crippen molar-refractivity contribution < 1.29 is 4.74 Å². The average molecular weight is 326 g/mol. The highest BCUT2D eigenvalue weighted by molar-refractivity contribution is 9.10. The predicted octanol–water partition coefficient (Wildman–Crippen LogP) is 4.83. The van der Waals surface area contributed by atoms with Crippen LogP contribution in [-0.2, 0) is 0 Å². The van der Waals surface area contributed by atoms with Gasteiger partial charge in [0.2, 0.25) is 0 Å². The third-order valence-electron chi connectivity index (χ3n) is 3.98. The van der Waals surface area contributed by atoms with E-state index in [1.54, 1.807) is 0 Å². The number of ether oxygens (including phenoxy) is 1. The molecule has 1 aromatic carbocycles. The lowest BCUT2D eigenvalue weighted by molar-refractivity contribution is 0.183. The Morgan fingerprint density at radius 1 is 1.21 bits per heavy atom. The van der Waals surface area contributed by atoms with Gasteiger partial charge >= 0.3 is 0 Å². The van der Waals surface area contributed by atoms with Crippen molar-refractivity contribution in [1.29, 1.82) is 0 Å². The van der Waals surface area contributed by atoms with Crippen LogP contribution in [0.15, 0.2) is 22.7 Å². The van der Waals surface area contributed by atoms with E-state index in [2.05, 4.69) is 46.4 Å². The molecule has 1 aromatic rings. The maximum atomic E-state index is 6.13. The molecular formula is C16H24BrNO. The van der Waals surface area contributed by atoms with Crippen molar-refractivity contribution in [1.82, 2.24) is 5.32 Å². The maximum absolute atomic E-state index is 6.13. The Morgan fingerprint density at radius 3 is 2.47 bits per heavy atom. The molecule has 1 fully saturated rings. The molecule has 0 amide bonds. The topological polar surface area (TPSA) is 21.3 Å². The van der Waals surface area contributed by atoms with Crippen LogP contribution in [0.25, 0.3) is 0 Å². The van der Waals surface area contributed by atoms with Crippen LogP contribution in [0.5, 0.6) is 5.75 Å². The molecule has 0 heterocycles. The second kappa shape index (κ2) is 7.30. The fourth-order valence-corrected chi connectivity index (χ4v) is 3.34. The molecule has 106 valence electrons. The van der Waals surface area contributed by atoms with Crippen LogP contribution in [0.1, 0.15) is 57.1 Å². The predicted molar refractivity (Wildman–Crippen MR) is 83.7 cm³/mol. The summed E-state index contributed by atoms with van der Waals surface area (Å²) in [7, 11) is 1.98. The van der Waals surface area contributed by atoms with E-state index in [4.69, 9.17) is 4.74 Å².